The number of aryl methyl sites for hydroxylation is 2. The Kier molecular flexibility index (Phi) is 4.12. The second-order valence-electron chi connectivity index (χ2n) is 4.48. The normalized spacial score (nSPS) is 11.9. The summed E-state index contributed by atoms with van der Waals surface area (Å²) in [6.07, 6.45) is -0.237. The van der Waals surface area contributed by atoms with E-state index in [1.807, 2.05) is 19.1 Å². The smallest absolute Gasteiger partial charge is 0.304 e. The van der Waals surface area contributed by atoms with E-state index >= 15 is 0 Å². The van der Waals surface area contributed by atoms with Gasteiger partial charge in [0, 0.05) is 21.5 Å². The van der Waals surface area contributed by atoms with E-state index in [1.165, 1.54) is 11.3 Å². The van der Waals surface area contributed by atoms with Gasteiger partial charge in [-0.15, -0.1) is 11.3 Å². The van der Waals surface area contributed by atoms with Crippen molar-refractivity contribution in [3.8, 4) is 0 Å². The zero-order valence-corrected chi connectivity index (χ0v) is 12.8. The minimum Gasteiger partial charge on any atom is -0.481 e. The molecule has 0 fully saturated rings. The van der Waals surface area contributed by atoms with E-state index in [0.29, 0.717) is 10.3 Å². The molecule has 108 valence electrons. The van der Waals surface area contributed by atoms with Gasteiger partial charge in [0.1, 0.15) is 4.90 Å². The molecule has 0 unspecified atom stereocenters. The monoisotopic (exact) mass is 313 g/mol. The van der Waals surface area contributed by atoms with Gasteiger partial charge in [-0.3, -0.25) is 4.79 Å². The van der Waals surface area contributed by atoms with Crippen molar-refractivity contribution in [2.24, 2.45) is 0 Å². The molecule has 0 saturated carbocycles. The van der Waals surface area contributed by atoms with Crippen LogP contribution in [0.3, 0.4) is 0 Å². The van der Waals surface area contributed by atoms with Gasteiger partial charge in [-0.05, 0) is 19.4 Å². The third-order valence-corrected chi connectivity index (χ3v) is 5.96. The summed E-state index contributed by atoms with van der Waals surface area (Å²) in [4.78, 5) is 11.4. The molecule has 0 amide bonds. The minimum absolute atomic E-state index is 0.111. The number of nitrogens with one attached hydrogen (secondary N) is 1. The van der Waals surface area contributed by atoms with Crippen molar-refractivity contribution in [3.63, 3.8) is 0 Å². The van der Waals surface area contributed by atoms with Crippen molar-refractivity contribution in [2.45, 2.75) is 25.2 Å². The van der Waals surface area contributed by atoms with Crippen LogP contribution < -0.4 is 4.72 Å². The van der Waals surface area contributed by atoms with E-state index in [4.69, 9.17) is 5.11 Å². The van der Waals surface area contributed by atoms with Crippen molar-refractivity contribution in [1.82, 2.24) is 4.72 Å². The molecule has 7 heteroatoms. The Hall–Kier alpha value is -1.44. The number of thiophene rings is 1. The number of carbonyl (C=O) groups is 1. The van der Waals surface area contributed by atoms with E-state index in [2.05, 4.69) is 4.72 Å². The number of rotatable bonds is 5. The van der Waals surface area contributed by atoms with Crippen molar-refractivity contribution >= 4 is 37.4 Å². The van der Waals surface area contributed by atoms with Gasteiger partial charge < -0.3 is 5.11 Å². The van der Waals surface area contributed by atoms with Gasteiger partial charge in [0.2, 0.25) is 10.0 Å². The van der Waals surface area contributed by atoms with Crippen LogP contribution in [0.4, 0.5) is 0 Å². The van der Waals surface area contributed by atoms with E-state index in [1.54, 1.807) is 13.0 Å². The summed E-state index contributed by atoms with van der Waals surface area (Å²) in [6.45, 7) is 3.59. The van der Waals surface area contributed by atoms with Gasteiger partial charge in [-0.1, -0.05) is 18.2 Å². The molecule has 0 bridgehead atoms. The van der Waals surface area contributed by atoms with Gasteiger partial charge in [0.25, 0.3) is 0 Å². The van der Waals surface area contributed by atoms with Crippen molar-refractivity contribution < 1.29 is 18.3 Å². The molecule has 0 radical (unpaired) electrons. The summed E-state index contributed by atoms with van der Waals surface area (Å²) >= 11 is 1.44. The Morgan fingerprint density at radius 3 is 2.70 bits per heavy atom. The first-order valence-corrected chi connectivity index (χ1v) is 8.33. The molecule has 0 atom stereocenters. The molecule has 0 aliphatic rings. The average Bonchev–Trinajstić information content (AvgIpc) is 2.66. The Morgan fingerprint density at radius 2 is 2.05 bits per heavy atom. The molecule has 0 spiro atoms. The summed E-state index contributed by atoms with van der Waals surface area (Å²) in [5.74, 6) is -1.03. The van der Waals surface area contributed by atoms with E-state index in [-0.39, 0.29) is 17.9 Å². The van der Waals surface area contributed by atoms with Gasteiger partial charge in [0.15, 0.2) is 0 Å². The van der Waals surface area contributed by atoms with Crippen LogP contribution in [0.1, 0.15) is 16.9 Å². The Bertz CT molecular complexity index is 762. The molecule has 5 nitrogen and oxygen atoms in total. The number of hydrogen-bond donors (Lipinski definition) is 2. The lowest BCUT2D eigenvalue weighted by atomic mass is 10.2. The standard InChI is InChI=1S/C13H15NO4S2/c1-8-4-3-5-10-12(8)19-9(2)13(10)20(17,18)14-7-6-11(15)16/h3-5,14H,6-7H2,1-2H3,(H,15,16). The molecule has 2 aromatic rings. The molecular weight excluding hydrogens is 298 g/mol. The predicted molar refractivity (Wildman–Crippen MR) is 78.7 cm³/mol. The molecule has 20 heavy (non-hydrogen) atoms. The lowest BCUT2D eigenvalue weighted by molar-refractivity contribution is -0.136. The van der Waals surface area contributed by atoms with E-state index in [0.717, 1.165) is 10.3 Å². The Balaban J connectivity index is 2.44. The zero-order chi connectivity index (χ0) is 14.9. The first kappa shape index (κ1) is 15.0. The number of fused-ring (bicyclic) bond motifs is 1. The third kappa shape index (κ3) is 2.84. The van der Waals surface area contributed by atoms with Crippen molar-refractivity contribution in [1.29, 1.82) is 0 Å². The van der Waals surface area contributed by atoms with Crippen LogP contribution in [0, 0.1) is 13.8 Å². The second kappa shape index (κ2) is 5.51. The Morgan fingerprint density at radius 1 is 1.35 bits per heavy atom. The summed E-state index contributed by atoms with van der Waals surface area (Å²) in [7, 11) is -3.69. The SMILES string of the molecule is Cc1sc2c(C)cccc2c1S(=O)(=O)NCCC(=O)O. The van der Waals surface area contributed by atoms with Crippen LogP contribution in [0.2, 0.25) is 0 Å². The molecule has 0 saturated heterocycles. The molecule has 0 aliphatic heterocycles. The molecule has 0 aliphatic carbocycles. The number of aliphatic carboxylic acids is 1. The quantitative estimate of drug-likeness (QED) is 0.887. The summed E-state index contributed by atoms with van der Waals surface area (Å²) in [5.41, 5.74) is 1.03. The number of benzene rings is 1. The fraction of sp³-hybridized carbons (Fsp3) is 0.308. The molecule has 2 N–H and O–H groups in total. The molecular formula is C13H15NO4S2. The second-order valence-corrected chi connectivity index (χ2v) is 7.41. The van der Waals surface area contributed by atoms with Gasteiger partial charge in [-0.2, -0.15) is 0 Å². The van der Waals surface area contributed by atoms with Crippen LogP contribution in [0.5, 0.6) is 0 Å². The molecule has 1 aromatic heterocycles. The number of hydrogen-bond acceptors (Lipinski definition) is 4. The van der Waals surface area contributed by atoms with Crippen LogP contribution in [-0.2, 0) is 14.8 Å². The first-order chi connectivity index (χ1) is 9.33. The lowest BCUT2D eigenvalue weighted by Gasteiger charge is -2.06. The highest BCUT2D eigenvalue weighted by Gasteiger charge is 2.22. The van der Waals surface area contributed by atoms with Crippen LogP contribution in [0.15, 0.2) is 23.1 Å². The summed E-state index contributed by atoms with van der Waals surface area (Å²) < 4.78 is 27.9. The number of carboxylic acid groups (broad SMARTS) is 1. The maximum absolute atomic E-state index is 12.3. The zero-order valence-electron chi connectivity index (χ0n) is 11.1. The van der Waals surface area contributed by atoms with E-state index in [9.17, 15) is 13.2 Å². The topological polar surface area (TPSA) is 83.5 Å². The number of sulfonamides is 1. The minimum atomic E-state index is -3.69. The molecule has 2 rings (SSSR count). The van der Waals surface area contributed by atoms with Crippen LogP contribution in [-0.4, -0.2) is 26.0 Å². The highest BCUT2D eigenvalue weighted by atomic mass is 32.2. The lowest BCUT2D eigenvalue weighted by Crippen LogP contribution is -2.26. The van der Waals surface area contributed by atoms with Crippen molar-refractivity contribution in [3.05, 3.63) is 28.6 Å². The van der Waals surface area contributed by atoms with Crippen LogP contribution in [0.25, 0.3) is 10.1 Å². The first-order valence-electron chi connectivity index (χ1n) is 6.03. The number of carboxylic acids is 1. The maximum Gasteiger partial charge on any atom is 0.304 e. The van der Waals surface area contributed by atoms with E-state index < -0.39 is 16.0 Å². The average molecular weight is 313 g/mol. The molecule has 1 heterocycles. The third-order valence-electron chi connectivity index (χ3n) is 2.93. The maximum atomic E-state index is 12.3. The van der Waals surface area contributed by atoms with Gasteiger partial charge in [-0.25, -0.2) is 13.1 Å². The fourth-order valence-electron chi connectivity index (χ4n) is 2.05. The highest BCUT2D eigenvalue weighted by Crippen LogP contribution is 2.35. The van der Waals surface area contributed by atoms with Crippen molar-refractivity contribution in [2.75, 3.05) is 6.54 Å². The van der Waals surface area contributed by atoms with Gasteiger partial charge >= 0.3 is 5.97 Å². The largest absolute Gasteiger partial charge is 0.481 e. The Labute approximate surface area is 121 Å². The highest BCUT2D eigenvalue weighted by molar-refractivity contribution is 7.90. The fourth-order valence-corrected chi connectivity index (χ4v) is 4.94. The van der Waals surface area contributed by atoms with Gasteiger partial charge in [0.05, 0.1) is 6.42 Å². The summed E-state index contributed by atoms with van der Waals surface area (Å²) in [6, 6.07) is 5.53. The predicted octanol–water partition coefficient (Wildman–Crippen LogP) is 2.27. The summed E-state index contributed by atoms with van der Waals surface area (Å²) in [5, 5.41) is 9.26. The van der Waals surface area contributed by atoms with Crippen LogP contribution >= 0.6 is 11.3 Å². The molecule has 1 aromatic carbocycles.